The molecule has 0 amide bonds. The third-order valence-corrected chi connectivity index (χ3v) is 4.66. The molecular weight excluding hydrogens is 320 g/mol. The Balaban J connectivity index is 2.18. The maximum absolute atomic E-state index is 13.1. The molecule has 3 aromatic rings. The Bertz CT molecular complexity index is 894. The summed E-state index contributed by atoms with van der Waals surface area (Å²) in [6.45, 7) is 4.98. The highest BCUT2D eigenvalue weighted by Gasteiger charge is 2.19. The average Bonchev–Trinajstić information content (AvgIpc) is 2.84. The van der Waals surface area contributed by atoms with Crippen LogP contribution in [0.3, 0.4) is 0 Å². The normalized spacial score (nSPS) is 11.2. The fourth-order valence-electron chi connectivity index (χ4n) is 3.15. The van der Waals surface area contributed by atoms with E-state index in [9.17, 15) is 4.79 Å². The molecule has 0 saturated carbocycles. The topological polar surface area (TPSA) is 34.0 Å². The molecular formula is C20H21ClN2O. The monoisotopic (exact) mass is 340 g/mol. The second-order valence-electron chi connectivity index (χ2n) is 6.09. The Hall–Kier alpha value is -2.10. The van der Waals surface area contributed by atoms with Gasteiger partial charge in [0.2, 0.25) is 0 Å². The fourth-order valence-corrected chi connectivity index (χ4v) is 3.27. The number of halogens is 1. The summed E-state index contributed by atoms with van der Waals surface area (Å²) >= 11 is 5.94. The molecule has 0 aliphatic heterocycles. The van der Waals surface area contributed by atoms with Crippen LogP contribution >= 0.6 is 11.6 Å². The molecule has 124 valence electrons. The van der Waals surface area contributed by atoms with Gasteiger partial charge in [-0.15, -0.1) is 0 Å². The SMILES string of the molecule is CNCCc1c(C)n(C(=O)c2ccc(Cl)cc2)c2ccc(C)cc12. The number of benzene rings is 2. The van der Waals surface area contributed by atoms with E-state index in [1.165, 1.54) is 11.1 Å². The molecule has 0 unspecified atom stereocenters. The average molecular weight is 341 g/mol. The van der Waals surface area contributed by atoms with Crippen molar-refractivity contribution in [2.75, 3.05) is 13.6 Å². The zero-order chi connectivity index (χ0) is 17.3. The summed E-state index contributed by atoms with van der Waals surface area (Å²) in [6.07, 6.45) is 0.892. The summed E-state index contributed by atoms with van der Waals surface area (Å²) in [5.74, 6) is -0.0197. The van der Waals surface area contributed by atoms with Crippen molar-refractivity contribution in [3.63, 3.8) is 0 Å². The molecule has 0 fully saturated rings. The van der Waals surface area contributed by atoms with Crippen molar-refractivity contribution in [1.29, 1.82) is 0 Å². The number of aromatic nitrogens is 1. The van der Waals surface area contributed by atoms with Crippen LogP contribution < -0.4 is 5.32 Å². The first-order valence-electron chi connectivity index (χ1n) is 8.08. The third kappa shape index (κ3) is 2.97. The molecule has 1 heterocycles. The van der Waals surface area contributed by atoms with Crippen molar-refractivity contribution < 1.29 is 4.79 Å². The van der Waals surface area contributed by atoms with Crippen LogP contribution in [0.15, 0.2) is 42.5 Å². The molecule has 1 N–H and O–H groups in total. The molecule has 4 heteroatoms. The van der Waals surface area contributed by atoms with Crippen molar-refractivity contribution in [1.82, 2.24) is 9.88 Å². The Labute approximate surface area is 147 Å². The van der Waals surface area contributed by atoms with E-state index >= 15 is 0 Å². The maximum Gasteiger partial charge on any atom is 0.262 e. The van der Waals surface area contributed by atoms with Crippen LogP contribution in [0.4, 0.5) is 0 Å². The van der Waals surface area contributed by atoms with Gasteiger partial charge in [-0.2, -0.15) is 0 Å². The molecule has 1 aromatic heterocycles. The van der Waals surface area contributed by atoms with E-state index in [1.807, 2.05) is 24.6 Å². The summed E-state index contributed by atoms with van der Waals surface area (Å²) < 4.78 is 1.82. The van der Waals surface area contributed by atoms with E-state index in [0.29, 0.717) is 10.6 Å². The third-order valence-electron chi connectivity index (χ3n) is 4.41. The van der Waals surface area contributed by atoms with Gasteiger partial charge < -0.3 is 5.32 Å². The van der Waals surface area contributed by atoms with Gasteiger partial charge in [0.1, 0.15) is 0 Å². The predicted octanol–water partition coefficient (Wildman–Crippen LogP) is 4.36. The lowest BCUT2D eigenvalue weighted by Crippen LogP contribution is -2.15. The van der Waals surface area contributed by atoms with Crippen LogP contribution in [0.1, 0.15) is 27.2 Å². The quantitative estimate of drug-likeness (QED) is 0.765. The first-order chi connectivity index (χ1) is 11.5. The molecule has 0 aliphatic rings. The number of nitrogens with one attached hydrogen (secondary N) is 1. The number of rotatable bonds is 4. The lowest BCUT2D eigenvalue weighted by molar-refractivity contribution is 0.0963. The summed E-state index contributed by atoms with van der Waals surface area (Å²) in [5.41, 5.74) is 5.03. The minimum Gasteiger partial charge on any atom is -0.319 e. The second-order valence-corrected chi connectivity index (χ2v) is 6.52. The van der Waals surface area contributed by atoms with Crippen LogP contribution in [-0.2, 0) is 6.42 Å². The zero-order valence-electron chi connectivity index (χ0n) is 14.2. The van der Waals surface area contributed by atoms with Gasteiger partial charge in [0.05, 0.1) is 5.52 Å². The van der Waals surface area contributed by atoms with Crippen molar-refractivity contribution >= 4 is 28.4 Å². The van der Waals surface area contributed by atoms with Crippen LogP contribution in [0.5, 0.6) is 0 Å². The van der Waals surface area contributed by atoms with Gasteiger partial charge in [0, 0.05) is 21.7 Å². The number of carbonyl (C=O) groups is 1. The van der Waals surface area contributed by atoms with E-state index in [2.05, 4.69) is 24.4 Å². The van der Waals surface area contributed by atoms with Gasteiger partial charge in [-0.1, -0.05) is 23.2 Å². The van der Waals surface area contributed by atoms with Gasteiger partial charge in [0.25, 0.3) is 5.91 Å². The van der Waals surface area contributed by atoms with Crippen LogP contribution in [0, 0.1) is 13.8 Å². The fraction of sp³-hybridized carbons (Fsp3) is 0.250. The van der Waals surface area contributed by atoms with Crippen LogP contribution in [0.25, 0.3) is 10.9 Å². The highest BCUT2D eigenvalue weighted by Crippen LogP contribution is 2.28. The van der Waals surface area contributed by atoms with Gasteiger partial charge in [-0.3, -0.25) is 9.36 Å². The molecule has 24 heavy (non-hydrogen) atoms. The smallest absolute Gasteiger partial charge is 0.262 e. The number of aryl methyl sites for hydroxylation is 1. The van der Waals surface area contributed by atoms with Crippen molar-refractivity contribution in [2.24, 2.45) is 0 Å². The number of nitrogens with zero attached hydrogens (tertiary/aromatic N) is 1. The van der Waals surface area contributed by atoms with E-state index in [1.54, 1.807) is 24.3 Å². The minimum atomic E-state index is -0.0197. The molecule has 0 aliphatic carbocycles. The Morgan fingerprint density at radius 2 is 1.83 bits per heavy atom. The number of likely N-dealkylation sites (N-methyl/N-ethyl adjacent to an activating group) is 1. The largest absolute Gasteiger partial charge is 0.319 e. The molecule has 0 bridgehead atoms. The van der Waals surface area contributed by atoms with Gasteiger partial charge >= 0.3 is 0 Å². The Morgan fingerprint density at radius 3 is 2.50 bits per heavy atom. The molecule has 3 nitrogen and oxygen atoms in total. The highest BCUT2D eigenvalue weighted by atomic mass is 35.5. The van der Waals surface area contributed by atoms with Crippen molar-refractivity contribution in [3.05, 3.63) is 69.9 Å². The summed E-state index contributed by atoms with van der Waals surface area (Å²) in [5, 5.41) is 4.98. The van der Waals surface area contributed by atoms with Crippen molar-refractivity contribution in [3.8, 4) is 0 Å². The number of hydrogen-bond acceptors (Lipinski definition) is 2. The van der Waals surface area contributed by atoms with Crippen LogP contribution in [0.2, 0.25) is 5.02 Å². The number of carbonyl (C=O) groups excluding carboxylic acids is 1. The zero-order valence-corrected chi connectivity index (χ0v) is 14.9. The lowest BCUT2D eigenvalue weighted by Gasteiger charge is -2.08. The first kappa shape index (κ1) is 16.7. The predicted molar refractivity (Wildman–Crippen MR) is 100 cm³/mol. The summed E-state index contributed by atoms with van der Waals surface area (Å²) in [7, 11) is 1.94. The Morgan fingerprint density at radius 1 is 1.12 bits per heavy atom. The van der Waals surface area contributed by atoms with Crippen molar-refractivity contribution in [2.45, 2.75) is 20.3 Å². The molecule has 0 atom stereocenters. The van der Waals surface area contributed by atoms with E-state index in [0.717, 1.165) is 29.6 Å². The first-order valence-corrected chi connectivity index (χ1v) is 8.46. The molecule has 0 spiro atoms. The lowest BCUT2D eigenvalue weighted by atomic mass is 10.1. The Kier molecular flexibility index (Phi) is 4.74. The van der Waals surface area contributed by atoms with E-state index in [-0.39, 0.29) is 5.91 Å². The van der Waals surface area contributed by atoms with Crippen LogP contribution in [-0.4, -0.2) is 24.1 Å². The second kappa shape index (κ2) is 6.80. The van der Waals surface area contributed by atoms with Gasteiger partial charge in [-0.05, 0) is 75.8 Å². The van der Waals surface area contributed by atoms with Gasteiger partial charge in [0.15, 0.2) is 0 Å². The number of fused-ring (bicyclic) bond motifs is 1. The summed E-state index contributed by atoms with van der Waals surface area (Å²) in [6, 6.07) is 13.3. The molecule has 2 aromatic carbocycles. The molecule has 3 rings (SSSR count). The standard InChI is InChI=1S/C20H21ClN2O/c1-13-4-9-19-18(12-13)17(10-11-22-3)14(2)23(19)20(24)15-5-7-16(21)8-6-15/h4-9,12,22H,10-11H2,1-3H3. The minimum absolute atomic E-state index is 0.0197. The van der Waals surface area contributed by atoms with E-state index < -0.39 is 0 Å². The van der Waals surface area contributed by atoms with Gasteiger partial charge in [-0.25, -0.2) is 0 Å². The van der Waals surface area contributed by atoms with E-state index in [4.69, 9.17) is 11.6 Å². The molecule has 0 radical (unpaired) electrons. The highest BCUT2D eigenvalue weighted by molar-refractivity contribution is 6.30. The number of hydrogen-bond donors (Lipinski definition) is 1. The molecule has 0 saturated heterocycles. The maximum atomic E-state index is 13.1. The summed E-state index contributed by atoms with van der Waals surface area (Å²) in [4.78, 5) is 13.1.